The SMILES string of the molecule is C=CCNc1ncc(C(=O)NCCC(=O)N[C@@H](C)CC)s1. The molecule has 0 aromatic carbocycles. The molecule has 0 aliphatic heterocycles. The lowest BCUT2D eigenvalue weighted by Gasteiger charge is -2.11. The van der Waals surface area contributed by atoms with Gasteiger partial charge in [-0.3, -0.25) is 9.59 Å². The second-order valence-electron chi connectivity index (χ2n) is 4.58. The molecule has 1 rings (SSSR count). The van der Waals surface area contributed by atoms with Crippen molar-refractivity contribution in [1.82, 2.24) is 15.6 Å². The first-order chi connectivity index (χ1) is 10.1. The van der Waals surface area contributed by atoms with Crippen molar-refractivity contribution in [1.29, 1.82) is 0 Å². The Morgan fingerprint density at radius 1 is 1.52 bits per heavy atom. The number of amides is 2. The molecule has 0 aliphatic carbocycles. The third-order valence-corrected chi connectivity index (χ3v) is 3.74. The van der Waals surface area contributed by atoms with Crippen molar-refractivity contribution in [2.45, 2.75) is 32.7 Å². The van der Waals surface area contributed by atoms with E-state index in [1.165, 1.54) is 17.5 Å². The first-order valence-electron chi connectivity index (χ1n) is 6.95. The quantitative estimate of drug-likeness (QED) is 0.607. The van der Waals surface area contributed by atoms with Crippen molar-refractivity contribution in [3.05, 3.63) is 23.7 Å². The fourth-order valence-corrected chi connectivity index (χ4v) is 2.19. The number of carbonyl (C=O) groups excluding carboxylic acids is 2. The zero-order valence-electron chi connectivity index (χ0n) is 12.4. The Morgan fingerprint density at radius 2 is 2.29 bits per heavy atom. The van der Waals surface area contributed by atoms with E-state index >= 15 is 0 Å². The zero-order chi connectivity index (χ0) is 15.7. The number of hydrogen-bond acceptors (Lipinski definition) is 5. The van der Waals surface area contributed by atoms with Gasteiger partial charge < -0.3 is 16.0 Å². The highest BCUT2D eigenvalue weighted by molar-refractivity contribution is 7.17. The van der Waals surface area contributed by atoms with E-state index in [1.807, 2.05) is 13.8 Å². The second kappa shape index (κ2) is 9.12. The van der Waals surface area contributed by atoms with E-state index in [2.05, 4.69) is 27.5 Å². The average molecular weight is 310 g/mol. The smallest absolute Gasteiger partial charge is 0.263 e. The van der Waals surface area contributed by atoms with Gasteiger partial charge >= 0.3 is 0 Å². The molecule has 1 heterocycles. The minimum Gasteiger partial charge on any atom is -0.358 e. The van der Waals surface area contributed by atoms with Crippen molar-refractivity contribution < 1.29 is 9.59 Å². The van der Waals surface area contributed by atoms with Crippen LogP contribution in [-0.2, 0) is 4.79 Å². The summed E-state index contributed by atoms with van der Waals surface area (Å²) < 4.78 is 0. The van der Waals surface area contributed by atoms with Gasteiger partial charge in [0.25, 0.3) is 5.91 Å². The molecule has 6 nitrogen and oxygen atoms in total. The van der Waals surface area contributed by atoms with Crippen LogP contribution in [0.4, 0.5) is 5.13 Å². The third kappa shape index (κ3) is 6.40. The molecule has 3 N–H and O–H groups in total. The van der Waals surface area contributed by atoms with Crippen molar-refractivity contribution in [2.75, 3.05) is 18.4 Å². The molecule has 1 atom stereocenters. The molecule has 1 aromatic rings. The molecule has 0 unspecified atom stereocenters. The molecule has 1 aromatic heterocycles. The van der Waals surface area contributed by atoms with Gasteiger partial charge in [-0.15, -0.1) is 6.58 Å². The minimum absolute atomic E-state index is 0.0534. The van der Waals surface area contributed by atoms with Gasteiger partial charge in [-0.1, -0.05) is 24.3 Å². The fourth-order valence-electron chi connectivity index (χ4n) is 1.45. The standard InChI is InChI=1S/C14H22N4O2S/c1-4-7-16-14-17-9-11(21-14)13(20)15-8-6-12(19)18-10(3)5-2/h4,9-10H,1,5-8H2,2-3H3,(H,15,20)(H,16,17)(H,18,19)/t10-/m0/s1. The van der Waals surface area contributed by atoms with Gasteiger partial charge in [0.15, 0.2) is 5.13 Å². The Hall–Kier alpha value is -1.89. The monoisotopic (exact) mass is 310 g/mol. The van der Waals surface area contributed by atoms with Gasteiger partial charge in [0.1, 0.15) is 4.88 Å². The van der Waals surface area contributed by atoms with Crippen molar-refractivity contribution in [3.8, 4) is 0 Å². The number of anilines is 1. The van der Waals surface area contributed by atoms with Gasteiger partial charge in [0.05, 0.1) is 6.20 Å². The molecule has 21 heavy (non-hydrogen) atoms. The van der Waals surface area contributed by atoms with E-state index in [0.29, 0.717) is 23.1 Å². The van der Waals surface area contributed by atoms with Gasteiger partial charge in [0.2, 0.25) is 5.91 Å². The maximum absolute atomic E-state index is 11.9. The van der Waals surface area contributed by atoms with E-state index in [4.69, 9.17) is 0 Å². The molecule has 0 spiro atoms. The van der Waals surface area contributed by atoms with Gasteiger partial charge in [-0.2, -0.15) is 0 Å². The number of thiazole rings is 1. The predicted molar refractivity (Wildman–Crippen MR) is 85.6 cm³/mol. The Morgan fingerprint density at radius 3 is 2.95 bits per heavy atom. The lowest BCUT2D eigenvalue weighted by Crippen LogP contribution is -2.35. The molecular formula is C14H22N4O2S. The summed E-state index contributed by atoms with van der Waals surface area (Å²) in [6.07, 6.45) is 4.40. The highest BCUT2D eigenvalue weighted by Gasteiger charge is 2.11. The highest BCUT2D eigenvalue weighted by atomic mass is 32.1. The number of rotatable bonds is 9. The Bertz CT molecular complexity index is 487. The fraction of sp³-hybridized carbons (Fsp3) is 0.500. The summed E-state index contributed by atoms with van der Waals surface area (Å²) in [6.45, 7) is 8.47. The normalized spacial score (nSPS) is 11.5. The van der Waals surface area contributed by atoms with Crippen LogP contribution in [-0.4, -0.2) is 35.9 Å². The van der Waals surface area contributed by atoms with Crippen LogP contribution < -0.4 is 16.0 Å². The Balaban J connectivity index is 2.31. The van der Waals surface area contributed by atoms with E-state index in [-0.39, 0.29) is 24.3 Å². The summed E-state index contributed by atoms with van der Waals surface area (Å²) in [5.74, 6) is -0.266. The summed E-state index contributed by atoms with van der Waals surface area (Å²) in [6, 6.07) is 0.160. The van der Waals surface area contributed by atoms with Crippen LogP contribution in [0, 0.1) is 0 Å². The maximum atomic E-state index is 11.9. The van der Waals surface area contributed by atoms with Crippen molar-refractivity contribution in [3.63, 3.8) is 0 Å². The number of nitrogens with one attached hydrogen (secondary N) is 3. The summed E-state index contributed by atoms with van der Waals surface area (Å²) in [5.41, 5.74) is 0. The van der Waals surface area contributed by atoms with Gasteiger partial charge in [-0.25, -0.2) is 4.98 Å². The Kier molecular flexibility index (Phi) is 7.45. The molecule has 0 radical (unpaired) electrons. The molecule has 0 saturated carbocycles. The summed E-state index contributed by atoms with van der Waals surface area (Å²) in [7, 11) is 0. The van der Waals surface area contributed by atoms with Crippen LogP contribution in [0.3, 0.4) is 0 Å². The molecule has 7 heteroatoms. The molecule has 0 aliphatic rings. The summed E-state index contributed by atoms with van der Waals surface area (Å²) >= 11 is 1.27. The lowest BCUT2D eigenvalue weighted by molar-refractivity contribution is -0.121. The van der Waals surface area contributed by atoms with Gasteiger partial charge in [0, 0.05) is 25.6 Å². The first-order valence-corrected chi connectivity index (χ1v) is 7.76. The van der Waals surface area contributed by atoms with E-state index in [9.17, 15) is 9.59 Å². The van der Waals surface area contributed by atoms with Crippen LogP contribution >= 0.6 is 11.3 Å². The predicted octanol–water partition coefficient (Wildman–Crippen LogP) is 1.78. The number of hydrogen-bond donors (Lipinski definition) is 3. The lowest BCUT2D eigenvalue weighted by atomic mass is 10.2. The number of aromatic nitrogens is 1. The number of carbonyl (C=O) groups is 2. The maximum Gasteiger partial charge on any atom is 0.263 e. The average Bonchev–Trinajstić information content (AvgIpc) is 2.93. The molecular weight excluding hydrogens is 288 g/mol. The van der Waals surface area contributed by atoms with Crippen molar-refractivity contribution >= 4 is 28.3 Å². The molecule has 0 saturated heterocycles. The van der Waals surface area contributed by atoms with E-state index < -0.39 is 0 Å². The highest BCUT2D eigenvalue weighted by Crippen LogP contribution is 2.17. The van der Waals surface area contributed by atoms with Crippen LogP contribution in [0.5, 0.6) is 0 Å². The molecule has 116 valence electrons. The Labute approximate surface area is 129 Å². The van der Waals surface area contributed by atoms with Gasteiger partial charge in [-0.05, 0) is 13.3 Å². The van der Waals surface area contributed by atoms with Crippen molar-refractivity contribution in [2.24, 2.45) is 0 Å². The van der Waals surface area contributed by atoms with Crippen LogP contribution in [0.2, 0.25) is 0 Å². The summed E-state index contributed by atoms with van der Waals surface area (Å²) in [4.78, 5) is 28.0. The van der Waals surface area contributed by atoms with Crippen LogP contribution in [0.1, 0.15) is 36.4 Å². The van der Waals surface area contributed by atoms with E-state index in [1.54, 1.807) is 6.08 Å². The minimum atomic E-state index is -0.213. The third-order valence-electron chi connectivity index (χ3n) is 2.78. The molecule has 0 bridgehead atoms. The first kappa shape index (κ1) is 17.2. The largest absolute Gasteiger partial charge is 0.358 e. The molecule has 2 amide bonds. The molecule has 0 fully saturated rings. The zero-order valence-corrected chi connectivity index (χ0v) is 13.3. The second-order valence-corrected chi connectivity index (χ2v) is 5.61. The van der Waals surface area contributed by atoms with Crippen LogP contribution in [0.25, 0.3) is 0 Å². The number of nitrogens with zero attached hydrogens (tertiary/aromatic N) is 1. The topological polar surface area (TPSA) is 83.1 Å². The van der Waals surface area contributed by atoms with E-state index in [0.717, 1.165) is 6.42 Å². The van der Waals surface area contributed by atoms with Crippen LogP contribution in [0.15, 0.2) is 18.9 Å². The summed E-state index contributed by atoms with van der Waals surface area (Å²) in [5, 5.41) is 9.26.